The molecule has 1 aromatic carbocycles. The van der Waals surface area contributed by atoms with Crippen molar-refractivity contribution >= 4 is 38.4 Å². The fraction of sp³-hybridized carbons (Fsp3) is 0.125. The van der Waals surface area contributed by atoms with Gasteiger partial charge >= 0.3 is 0 Å². The Balaban J connectivity index is 2.60. The lowest BCUT2D eigenvalue weighted by molar-refractivity contribution is -0.385. The van der Waals surface area contributed by atoms with Crippen LogP contribution in [-0.2, 0) is 6.54 Å². The van der Waals surface area contributed by atoms with Gasteiger partial charge in [0.05, 0.1) is 15.9 Å². The van der Waals surface area contributed by atoms with Gasteiger partial charge in [0.2, 0.25) is 0 Å². The zero-order valence-electron chi connectivity index (χ0n) is 6.83. The molecule has 0 bridgehead atoms. The van der Waals surface area contributed by atoms with Crippen LogP contribution in [0.2, 0.25) is 0 Å². The summed E-state index contributed by atoms with van der Waals surface area (Å²) in [6, 6.07) is 3.13. The largest absolute Gasteiger partial charge is 0.283 e. The van der Waals surface area contributed by atoms with Crippen molar-refractivity contribution in [2.24, 2.45) is 4.99 Å². The molecule has 6 heteroatoms. The van der Waals surface area contributed by atoms with Crippen LogP contribution >= 0.6 is 27.5 Å². The van der Waals surface area contributed by atoms with E-state index in [1.54, 1.807) is 6.07 Å². The molecule has 1 aliphatic heterocycles. The molecule has 0 fully saturated rings. The highest BCUT2D eigenvalue weighted by molar-refractivity contribution is 9.10. The fourth-order valence-electron chi connectivity index (χ4n) is 1.31. The Morgan fingerprint density at radius 3 is 2.93 bits per heavy atom. The second kappa shape index (κ2) is 3.33. The summed E-state index contributed by atoms with van der Waals surface area (Å²) < 4.78 is 0.427. The predicted molar refractivity (Wildman–Crippen MR) is 56.9 cm³/mol. The fourth-order valence-corrected chi connectivity index (χ4v) is 2.03. The Morgan fingerprint density at radius 2 is 2.29 bits per heavy atom. The molecule has 0 amide bonds. The Kier molecular flexibility index (Phi) is 2.28. The second-order valence-corrected chi connectivity index (χ2v) is 4.04. The summed E-state index contributed by atoms with van der Waals surface area (Å²) in [5.74, 6) is 0. The number of nitro benzene ring substituents is 1. The van der Waals surface area contributed by atoms with Crippen molar-refractivity contribution in [3.05, 3.63) is 37.8 Å². The van der Waals surface area contributed by atoms with E-state index in [1.165, 1.54) is 6.07 Å². The van der Waals surface area contributed by atoms with E-state index in [-0.39, 0.29) is 5.69 Å². The molecule has 0 atom stereocenters. The van der Waals surface area contributed by atoms with Gasteiger partial charge in [-0.3, -0.25) is 15.1 Å². The molecule has 0 saturated heterocycles. The van der Waals surface area contributed by atoms with Crippen molar-refractivity contribution in [3.63, 3.8) is 0 Å². The third-order valence-corrected chi connectivity index (χ3v) is 2.94. The minimum atomic E-state index is -0.434. The quantitative estimate of drug-likeness (QED) is 0.584. The van der Waals surface area contributed by atoms with Gasteiger partial charge in [-0.2, -0.15) is 0 Å². The Bertz CT molecular complexity index is 459. The normalized spacial score (nSPS) is 13.7. The van der Waals surface area contributed by atoms with Crippen LogP contribution in [0.4, 0.5) is 5.69 Å². The first-order valence-electron chi connectivity index (χ1n) is 3.76. The molecule has 0 unspecified atom stereocenters. The molecular weight excluding hydrogens is 271 g/mol. The Morgan fingerprint density at radius 1 is 1.57 bits per heavy atom. The number of hydrogen-bond acceptors (Lipinski definition) is 3. The van der Waals surface area contributed by atoms with Crippen LogP contribution in [0.5, 0.6) is 0 Å². The van der Waals surface area contributed by atoms with E-state index in [1.807, 2.05) is 0 Å². The number of benzene rings is 1. The van der Waals surface area contributed by atoms with Gasteiger partial charge in [-0.05, 0) is 27.6 Å². The zero-order valence-corrected chi connectivity index (χ0v) is 9.17. The van der Waals surface area contributed by atoms with Gasteiger partial charge in [-0.1, -0.05) is 11.6 Å². The van der Waals surface area contributed by atoms with Crippen LogP contribution in [0.25, 0.3) is 0 Å². The zero-order chi connectivity index (χ0) is 10.3. The minimum Gasteiger partial charge on any atom is -0.268 e. The highest BCUT2D eigenvalue weighted by Gasteiger charge is 2.21. The number of aliphatic imine (C=N–C) groups is 1. The summed E-state index contributed by atoms with van der Waals surface area (Å²) in [6.07, 6.45) is 0. The summed E-state index contributed by atoms with van der Waals surface area (Å²) in [7, 11) is 0. The van der Waals surface area contributed by atoms with E-state index >= 15 is 0 Å². The molecule has 72 valence electrons. The van der Waals surface area contributed by atoms with Gasteiger partial charge in [-0.25, -0.2) is 0 Å². The van der Waals surface area contributed by atoms with E-state index in [4.69, 9.17) is 11.6 Å². The van der Waals surface area contributed by atoms with Crippen molar-refractivity contribution in [1.82, 2.24) is 0 Å². The summed E-state index contributed by atoms with van der Waals surface area (Å²) in [6.45, 7) is 0.419. The van der Waals surface area contributed by atoms with Gasteiger partial charge < -0.3 is 0 Å². The molecule has 0 spiro atoms. The van der Waals surface area contributed by atoms with Gasteiger partial charge in [0.15, 0.2) is 0 Å². The van der Waals surface area contributed by atoms with E-state index < -0.39 is 4.92 Å². The maximum Gasteiger partial charge on any atom is 0.283 e. The molecule has 2 rings (SSSR count). The molecule has 0 aliphatic carbocycles. The summed E-state index contributed by atoms with van der Waals surface area (Å²) in [5, 5.41) is 11.0. The smallest absolute Gasteiger partial charge is 0.268 e. The minimum absolute atomic E-state index is 0.0466. The highest BCUT2D eigenvalue weighted by atomic mass is 79.9. The molecule has 0 saturated carbocycles. The van der Waals surface area contributed by atoms with Crippen molar-refractivity contribution in [1.29, 1.82) is 0 Å². The molecule has 0 N–H and O–H groups in total. The van der Waals surface area contributed by atoms with Crippen LogP contribution < -0.4 is 0 Å². The Labute approximate surface area is 92.9 Å². The Hall–Kier alpha value is -0.940. The molecule has 1 aliphatic rings. The van der Waals surface area contributed by atoms with E-state index in [0.717, 1.165) is 11.1 Å². The van der Waals surface area contributed by atoms with Crippen molar-refractivity contribution in [3.8, 4) is 0 Å². The molecule has 14 heavy (non-hydrogen) atoms. The predicted octanol–water partition coefficient (Wildman–Crippen LogP) is 2.86. The van der Waals surface area contributed by atoms with Crippen LogP contribution in [-0.4, -0.2) is 10.1 Å². The van der Waals surface area contributed by atoms with Crippen LogP contribution in [0, 0.1) is 10.1 Å². The average molecular weight is 275 g/mol. The molecule has 4 nitrogen and oxygen atoms in total. The van der Waals surface area contributed by atoms with Crippen molar-refractivity contribution in [2.45, 2.75) is 6.54 Å². The molecule has 0 aromatic heterocycles. The van der Waals surface area contributed by atoms with Crippen LogP contribution in [0.15, 0.2) is 21.6 Å². The number of nitrogens with zero attached hydrogens (tertiary/aromatic N) is 2. The molecule has 1 heterocycles. The van der Waals surface area contributed by atoms with Gasteiger partial charge in [0.1, 0.15) is 5.17 Å². The number of fused-ring (bicyclic) bond motifs is 1. The van der Waals surface area contributed by atoms with E-state index in [0.29, 0.717) is 16.2 Å². The number of rotatable bonds is 1. The number of hydrogen-bond donors (Lipinski definition) is 0. The summed E-state index contributed by atoms with van der Waals surface area (Å²) in [5.41, 5.74) is 1.61. The first kappa shape index (κ1) is 9.61. The van der Waals surface area contributed by atoms with Crippen LogP contribution in [0.1, 0.15) is 11.1 Å². The second-order valence-electron chi connectivity index (χ2n) is 2.82. The molecule has 1 aromatic rings. The van der Waals surface area contributed by atoms with Gasteiger partial charge in [0.25, 0.3) is 5.69 Å². The first-order chi connectivity index (χ1) is 6.59. The highest BCUT2D eigenvalue weighted by Crippen LogP contribution is 2.32. The third kappa shape index (κ3) is 1.42. The standard InChI is InChI=1S/C8H4BrClN2O2/c9-6-2-5-4(3-11-8(5)10)1-7(6)12(13)14/h1-2H,3H2. The van der Waals surface area contributed by atoms with E-state index in [9.17, 15) is 10.1 Å². The van der Waals surface area contributed by atoms with Gasteiger partial charge in [0, 0.05) is 11.6 Å². The monoisotopic (exact) mass is 274 g/mol. The van der Waals surface area contributed by atoms with E-state index in [2.05, 4.69) is 20.9 Å². The lowest BCUT2D eigenvalue weighted by Crippen LogP contribution is -1.95. The topological polar surface area (TPSA) is 55.5 Å². The first-order valence-corrected chi connectivity index (χ1v) is 4.94. The lowest BCUT2D eigenvalue weighted by Gasteiger charge is -2.00. The van der Waals surface area contributed by atoms with Crippen LogP contribution in [0.3, 0.4) is 0 Å². The van der Waals surface area contributed by atoms with Crippen molar-refractivity contribution < 1.29 is 4.92 Å². The number of nitro groups is 1. The summed E-state index contributed by atoms with van der Waals surface area (Å²) in [4.78, 5) is 14.2. The lowest BCUT2D eigenvalue weighted by atomic mass is 10.1. The molecular formula is C8H4BrClN2O2. The average Bonchev–Trinajstić information content (AvgIpc) is 2.46. The maximum atomic E-state index is 10.6. The summed E-state index contributed by atoms with van der Waals surface area (Å²) >= 11 is 8.93. The maximum absolute atomic E-state index is 10.6. The third-order valence-electron chi connectivity index (χ3n) is 1.98. The SMILES string of the molecule is O=[N+]([O-])c1cc2c(cc1Br)C(Cl)=NC2. The van der Waals surface area contributed by atoms with Gasteiger partial charge in [-0.15, -0.1) is 0 Å². The molecule has 0 radical (unpaired) electrons. The van der Waals surface area contributed by atoms with Crippen molar-refractivity contribution in [2.75, 3.05) is 0 Å². The number of halogens is 2.